The zero-order valence-corrected chi connectivity index (χ0v) is 21.4. The van der Waals surface area contributed by atoms with Gasteiger partial charge in [-0.25, -0.2) is 0 Å². The Labute approximate surface area is 212 Å². The van der Waals surface area contributed by atoms with E-state index in [4.69, 9.17) is 17.6 Å². The van der Waals surface area contributed by atoms with E-state index in [1.807, 2.05) is 41.8 Å². The molecule has 0 fully saturated rings. The summed E-state index contributed by atoms with van der Waals surface area (Å²) in [6, 6.07) is 39.7. The first kappa shape index (κ1) is 23.2. The van der Waals surface area contributed by atoms with Crippen LogP contribution in [-0.4, -0.2) is 9.55 Å². The quantitative estimate of drug-likeness (QED) is 0.224. The standard InChI is InChI=1S/C30H26N3PS/c1-22-18-20-24(21-19-22)33-23(2)32-30(35)28(29(33)31)34(25-12-6-3-7-13-25,26-14-8-4-9-15-26)27-16-10-5-11-17-27/h3-21H,1-2H3,(H-,31,35). The maximum atomic E-state index is 9.61. The van der Waals surface area contributed by atoms with Crippen molar-refractivity contribution in [3.05, 3.63) is 132 Å². The Hall–Kier alpha value is -3.59. The van der Waals surface area contributed by atoms with Gasteiger partial charge in [0.25, 0.3) is 0 Å². The molecule has 5 heteroatoms. The van der Waals surface area contributed by atoms with Crippen LogP contribution < -0.4 is 26.7 Å². The predicted molar refractivity (Wildman–Crippen MR) is 149 cm³/mol. The number of aryl methyl sites for hydroxylation is 2. The van der Waals surface area contributed by atoms with Crippen LogP contribution in [0.3, 0.4) is 0 Å². The highest BCUT2D eigenvalue weighted by molar-refractivity contribution is 8.01. The van der Waals surface area contributed by atoms with Gasteiger partial charge in [0.1, 0.15) is 29.0 Å². The van der Waals surface area contributed by atoms with E-state index in [1.165, 1.54) is 5.56 Å². The fourth-order valence-electron chi connectivity index (χ4n) is 4.72. The molecule has 35 heavy (non-hydrogen) atoms. The molecule has 5 aromatic rings. The summed E-state index contributed by atoms with van der Waals surface area (Å²) in [6.07, 6.45) is 0. The minimum atomic E-state index is -2.53. The highest BCUT2D eigenvalue weighted by atomic mass is 32.1. The Kier molecular flexibility index (Phi) is 6.34. The van der Waals surface area contributed by atoms with E-state index in [2.05, 4.69) is 91.9 Å². The first-order valence-corrected chi connectivity index (χ1v) is 13.7. The molecule has 0 spiro atoms. The molecule has 1 aromatic heterocycles. The average molecular weight is 492 g/mol. The molecule has 1 N–H and O–H groups in total. The third kappa shape index (κ3) is 3.99. The minimum absolute atomic E-state index is 0.385. The van der Waals surface area contributed by atoms with E-state index in [0.717, 1.165) is 26.9 Å². The number of rotatable bonds is 5. The number of nitrogens with zero attached hydrogens (tertiary/aromatic N) is 2. The van der Waals surface area contributed by atoms with Gasteiger partial charge in [-0.2, -0.15) is 0 Å². The van der Waals surface area contributed by atoms with Crippen molar-refractivity contribution in [2.45, 2.75) is 18.9 Å². The smallest absolute Gasteiger partial charge is 0.175 e. The lowest BCUT2D eigenvalue weighted by Gasteiger charge is -2.31. The SMILES string of the molecule is Cc1ccc(-n2c(C)nc([S-])c([P+](c3ccccc3)(c3ccccc3)c3ccccc3)c2=N)cc1. The van der Waals surface area contributed by atoms with Crippen LogP contribution >= 0.6 is 7.26 Å². The summed E-state index contributed by atoms with van der Waals surface area (Å²) in [4.78, 5) is 4.86. The van der Waals surface area contributed by atoms with Gasteiger partial charge >= 0.3 is 0 Å². The number of nitrogens with one attached hydrogen (secondary N) is 1. The van der Waals surface area contributed by atoms with Gasteiger partial charge in [0.15, 0.2) is 10.8 Å². The van der Waals surface area contributed by atoms with E-state index < -0.39 is 7.26 Å². The highest BCUT2D eigenvalue weighted by Gasteiger charge is 2.50. The van der Waals surface area contributed by atoms with Crippen LogP contribution in [0.1, 0.15) is 11.4 Å². The van der Waals surface area contributed by atoms with Crippen molar-refractivity contribution in [3.63, 3.8) is 0 Å². The molecule has 3 nitrogen and oxygen atoms in total. The minimum Gasteiger partial charge on any atom is -0.756 e. The van der Waals surface area contributed by atoms with Crippen molar-refractivity contribution >= 4 is 41.1 Å². The van der Waals surface area contributed by atoms with Crippen LogP contribution in [0.2, 0.25) is 0 Å². The van der Waals surface area contributed by atoms with Gasteiger partial charge in [0.05, 0.1) is 0 Å². The first-order chi connectivity index (χ1) is 17.0. The maximum absolute atomic E-state index is 9.61. The van der Waals surface area contributed by atoms with Gasteiger partial charge in [-0.1, -0.05) is 72.3 Å². The summed E-state index contributed by atoms with van der Waals surface area (Å²) < 4.78 is 1.92. The fourth-order valence-corrected chi connectivity index (χ4v) is 9.64. The molecule has 0 saturated carbocycles. The molecular weight excluding hydrogens is 465 g/mol. The van der Waals surface area contributed by atoms with Crippen LogP contribution in [-0.2, 0) is 12.6 Å². The number of aromatic nitrogens is 2. The summed E-state index contributed by atoms with van der Waals surface area (Å²) in [6.45, 7) is 3.99. The van der Waals surface area contributed by atoms with E-state index >= 15 is 0 Å². The number of hydrogen-bond donors (Lipinski definition) is 1. The van der Waals surface area contributed by atoms with Crippen molar-refractivity contribution in [2.75, 3.05) is 0 Å². The highest BCUT2D eigenvalue weighted by Crippen LogP contribution is 2.53. The molecule has 0 atom stereocenters. The third-order valence-corrected chi connectivity index (χ3v) is 11.1. The summed E-state index contributed by atoms with van der Waals surface area (Å²) in [5, 5.41) is 14.4. The predicted octanol–water partition coefficient (Wildman–Crippen LogP) is 4.49. The molecule has 1 heterocycles. The second-order valence-corrected chi connectivity index (χ2v) is 12.2. The summed E-state index contributed by atoms with van der Waals surface area (Å²) in [5.74, 6) is 0.708. The molecule has 172 valence electrons. The molecule has 0 bridgehead atoms. The number of benzene rings is 4. The normalized spacial score (nSPS) is 11.4. The van der Waals surface area contributed by atoms with Crippen LogP contribution in [0.25, 0.3) is 5.69 Å². The lowest BCUT2D eigenvalue weighted by atomic mass is 10.2. The third-order valence-electron chi connectivity index (χ3n) is 6.30. The lowest BCUT2D eigenvalue weighted by Crippen LogP contribution is -2.49. The van der Waals surface area contributed by atoms with Crippen molar-refractivity contribution in [1.82, 2.24) is 9.55 Å². The Morgan fingerprint density at radius 3 is 1.51 bits per heavy atom. The summed E-state index contributed by atoms with van der Waals surface area (Å²) in [7, 11) is -2.53. The Bertz CT molecular complexity index is 1420. The van der Waals surface area contributed by atoms with E-state index in [-0.39, 0.29) is 0 Å². The lowest BCUT2D eigenvalue weighted by molar-refractivity contribution is 0.813. The molecule has 0 saturated heterocycles. The van der Waals surface area contributed by atoms with Gasteiger partial charge in [-0.05, 0) is 67.4 Å². The first-order valence-electron chi connectivity index (χ1n) is 11.5. The Balaban J connectivity index is 1.97. The topological polar surface area (TPSA) is 41.7 Å². The van der Waals surface area contributed by atoms with Crippen molar-refractivity contribution in [3.8, 4) is 5.69 Å². The molecule has 5 rings (SSSR count). The maximum Gasteiger partial charge on any atom is 0.175 e. The van der Waals surface area contributed by atoms with Gasteiger partial charge < -0.3 is 12.6 Å². The molecular formula is C30H26N3PS. The molecule has 0 aliphatic heterocycles. The molecule has 0 aliphatic carbocycles. The van der Waals surface area contributed by atoms with Crippen LogP contribution in [0, 0.1) is 19.3 Å². The van der Waals surface area contributed by atoms with E-state index in [9.17, 15) is 5.41 Å². The van der Waals surface area contributed by atoms with Crippen LogP contribution in [0.4, 0.5) is 0 Å². The summed E-state index contributed by atoms with van der Waals surface area (Å²) >= 11 is 5.99. The molecule has 0 unspecified atom stereocenters. The Morgan fingerprint density at radius 2 is 1.09 bits per heavy atom. The fraction of sp³-hybridized carbons (Fsp3) is 0.0667. The number of hydrogen-bond acceptors (Lipinski definition) is 3. The van der Waals surface area contributed by atoms with Crippen LogP contribution in [0.5, 0.6) is 0 Å². The zero-order chi connectivity index (χ0) is 24.4. The monoisotopic (exact) mass is 491 g/mol. The Morgan fingerprint density at radius 1 is 0.657 bits per heavy atom. The average Bonchev–Trinajstić information content (AvgIpc) is 2.89. The second kappa shape index (κ2) is 9.58. The van der Waals surface area contributed by atoms with Gasteiger partial charge in [0.2, 0.25) is 0 Å². The van der Waals surface area contributed by atoms with Gasteiger partial charge in [-0.3, -0.25) is 15.0 Å². The zero-order valence-electron chi connectivity index (χ0n) is 19.7. The van der Waals surface area contributed by atoms with Gasteiger partial charge in [-0.15, -0.1) is 0 Å². The van der Waals surface area contributed by atoms with Gasteiger partial charge in [0, 0.05) is 5.69 Å². The molecule has 0 amide bonds. The van der Waals surface area contributed by atoms with E-state index in [1.54, 1.807) is 0 Å². The summed E-state index contributed by atoms with van der Waals surface area (Å²) in [5.41, 5.74) is 2.47. The van der Waals surface area contributed by atoms with Crippen molar-refractivity contribution in [2.24, 2.45) is 0 Å². The molecule has 0 radical (unpaired) electrons. The second-order valence-electron chi connectivity index (χ2n) is 8.51. The molecule has 0 aliphatic rings. The van der Waals surface area contributed by atoms with E-state index in [0.29, 0.717) is 16.3 Å². The molecule has 4 aromatic carbocycles. The van der Waals surface area contributed by atoms with Crippen LogP contribution in [0.15, 0.2) is 120 Å². The van der Waals surface area contributed by atoms with Crippen molar-refractivity contribution in [1.29, 1.82) is 5.41 Å². The largest absolute Gasteiger partial charge is 0.756 e. The van der Waals surface area contributed by atoms with Crippen molar-refractivity contribution < 1.29 is 0 Å².